The standard InChI is InChI=1S/C15H23N3O2/c16-11-13-7-8-14(20-13)15(19)18-10-4-9-17-12-5-2-1-3-6-12/h1-3,5-6,13-14,17H,4,7-11,16H2,(H,18,19)/t13-,14+/m1/s1. The van der Waals surface area contributed by atoms with Gasteiger partial charge in [0.25, 0.3) is 0 Å². The van der Waals surface area contributed by atoms with Gasteiger partial charge in [0.2, 0.25) is 5.91 Å². The molecule has 110 valence electrons. The van der Waals surface area contributed by atoms with Crippen LogP contribution in [0.25, 0.3) is 0 Å². The average Bonchev–Trinajstić information content (AvgIpc) is 2.97. The monoisotopic (exact) mass is 277 g/mol. The van der Waals surface area contributed by atoms with Gasteiger partial charge in [-0.1, -0.05) is 18.2 Å². The molecule has 4 N–H and O–H groups in total. The van der Waals surface area contributed by atoms with Gasteiger partial charge in [0, 0.05) is 25.3 Å². The van der Waals surface area contributed by atoms with E-state index >= 15 is 0 Å². The van der Waals surface area contributed by atoms with Crippen LogP contribution in [-0.2, 0) is 9.53 Å². The number of nitrogens with two attached hydrogens (primary N) is 1. The van der Waals surface area contributed by atoms with Crippen molar-refractivity contribution in [3.8, 4) is 0 Å². The molecule has 1 heterocycles. The zero-order valence-electron chi connectivity index (χ0n) is 11.7. The molecule has 0 spiro atoms. The predicted octanol–water partition coefficient (Wildman–Crippen LogP) is 1.11. The third-order valence-electron chi connectivity index (χ3n) is 3.42. The number of anilines is 1. The summed E-state index contributed by atoms with van der Waals surface area (Å²) in [6.07, 6.45) is 2.27. The molecule has 2 atom stereocenters. The highest BCUT2D eigenvalue weighted by atomic mass is 16.5. The van der Waals surface area contributed by atoms with E-state index in [1.54, 1.807) is 0 Å². The van der Waals surface area contributed by atoms with E-state index in [-0.39, 0.29) is 18.1 Å². The van der Waals surface area contributed by atoms with Crippen LogP contribution in [-0.4, -0.2) is 37.7 Å². The zero-order chi connectivity index (χ0) is 14.2. The molecule has 0 saturated carbocycles. The maximum Gasteiger partial charge on any atom is 0.249 e. The molecule has 0 aromatic heterocycles. The maximum atomic E-state index is 11.8. The van der Waals surface area contributed by atoms with Crippen LogP contribution in [0.2, 0.25) is 0 Å². The second-order valence-electron chi connectivity index (χ2n) is 5.00. The third-order valence-corrected chi connectivity index (χ3v) is 3.42. The third kappa shape index (κ3) is 4.51. The smallest absolute Gasteiger partial charge is 0.249 e. The number of amides is 1. The van der Waals surface area contributed by atoms with Gasteiger partial charge in [-0.3, -0.25) is 4.79 Å². The molecular weight excluding hydrogens is 254 g/mol. The summed E-state index contributed by atoms with van der Waals surface area (Å²) in [6.45, 7) is 1.98. The van der Waals surface area contributed by atoms with Crippen LogP contribution >= 0.6 is 0 Å². The molecule has 1 aliphatic rings. The van der Waals surface area contributed by atoms with Crippen molar-refractivity contribution >= 4 is 11.6 Å². The van der Waals surface area contributed by atoms with Crippen molar-refractivity contribution in [2.75, 3.05) is 25.0 Å². The second-order valence-corrected chi connectivity index (χ2v) is 5.00. The number of nitrogens with one attached hydrogen (secondary N) is 2. The van der Waals surface area contributed by atoms with Crippen molar-refractivity contribution in [2.45, 2.75) is 31.5 Å². The summed E-state index contributed by atoms with van der Waals surface area (Å²) in [5.74, 6) is -0.0133. The number of carbonyl (C=O) groups is 1. The molecule has 0 radical (unpaired) electrons. The van der Waals surface area contributed by atoms with Crippen LogP contribution < -0.4 is 16.4 Å². The number of para-hydroxylation sites is 1. The van der Waals surface area contributed by atoms with Crippen LogP contribution in [0.1, 0.15) is 19.3 Å². The lowest BCUT2D eigenvalue weighted by atomic mass is 10.2. The molecule has 1 aliphatic heterocycles. The molecule has 20 heavy (non-hydrogen) atoms. The first kappa shape index (κ1) is 14.8. The van der Waals surface area contributed by atoms with Gasteiger partial charge in [0.15, 0.2) is 0 Å². The number of rotatable bonds is 7. The van der Waals surface area contributed by atoms with Gasteiger partial charge < -0.3 is 21.1 Å². The van der Waals surface area contributed by atoms with E-state index in [0.29, 0.717) is 13.1 Å². The number of carbonyl (C=O) groups excluding carboxylic acids is 1. The Hall–Kier alpha value is -1.59. The lowest BCUT2D eigenvalue weighted by Crippen LogP contribution is -2.36. The lowest BCUT2D eigenvalue weighted by molar-refractivity contribution is -0.131. The maximum absolute atomic E-state index is 11.8. The number of hydrogen-bond acceptors (Lipinski definition) is 4. The summed E-state index contributed by atoms with van der Waals surface area (Å²) in [6, 6.07) is 10.0. The van der Waals surface area contributed by atoms with E-state index < -0.39 is 0 Å². The van der Waals surface area contributed by atoms with Crippen molar-refractivity contribution in [3.63, 3.8) is 0 Å². The van der Waals surface area contributed by atoms with Crippen molar-refractivity contribution in [2.24, 2.45) is 5.73 Å². The quantitative estimate of drug-likeness (QED) is 0.653. The topological polar surface area (TPSA) is 76.4 Å². The van der Waals surface area contributed by atoms with Crippen LogP contribution in [0, 0.1) is 0 Å². The molecule has 5 nitrogen and oxygen atoms in total. The highest BCUT2D eigenvalue weighted by Crippen LogP contribution is 2.18. The van der Waals surface area contributed by atoms with Gasteiger partial charge >= 0.3 is 0 Å². The largest absolute Gasteiger partial charge is 0.385 e. The Morgan fingerprint density at radius 1 is 1.25 bits per heavy atom. The van der Waals surface area contributed by atoms with E-state index in [1.807, 2.05) is 30.3 Å². The van der Waals surface area contributed by atoms with Crippen molar-refractivity contribution < 1.29 is 9.53 Å². The van der Waals surface area contributed by atoms with Crippen LogP contribution in [0.5, 0.6) is 0 Å². The van der Waals surface area contributed by atoms with Crippen LogP contribution in [0.4, 0.5) is 5.69 Å². The van der Waals surface area contributed by atoms with Gasteiger partial charge in [0.1, 0.15) is 6.10 Å². The first-order valence-corrected chi connectivity index (χ1v) is 7.21. The van der Waals surface area contributed by atoms with Crippen LogP contribution in [0.15, 0.2) is 30.3 Å². The Labute approximate surface area is 119 Å². The lowest BCUT2D eigenvalue weighted by Gasteiger charge is -2.13. The van der Waals surface area contributed by atoms with Gasteiger partial charge in [-0.25, -0.2) is 0 Å². The summed E-state index contributed by atoms with van der Waals surface area (Å²) >= 11 is 0. The van der Waals surface area contributed by atoms with E-state index in [2.05, 4.69) is 10.6 Å². The first-order valence-electron chi connectivity index (χ1n) is 7.21. The minimum absolute atomic E-state index is 0.0133. The summed E-state index contributed by atoms with van der Waals surface area (Å²) < 4.78 is 5.55. The molecule has 5 heteroatoms. The van der Waals surface area contributed by atoms with Crippen molar-refractivity contribution in [1.82, 2.24) is 5.32 Å². The average molecular weight is 277 g/mol. The molecule has 0 aliphatic carbocycles. The molecule has 1 aromatic carbocycles. The van der Waals surface area contributed by atoms with E-state index in [4.69, 9.17) is 10.5 Å². The van der Waals surface area contributed by atoms with Gasteiger partial charge in [0.05, 0.1) is 6.10 Å². The highest BCUT2D eigenvalue weighted by molar-refractivity contribution is 5.80. The molecule has 1 aromatic rings. The Bertz CT molecular complexity index is 411. The fourth-order valence-electron chi connectivity index (χ4n) is 2.27. The summed E-state index contributed by atoms with van der Waals surface area (Å²) in [5.41, 5.74) is 6.63. The van der Waals surface area contributed by atoms with Crippen LogP contribution in [0.3, 0.4) is 0 Å². The first-order chi connectivity index (χ1) is 9.79. The second kappa shape index (κ2) is 7.87. The van der Waals surface area contributed by atoms with E-state index in [1.165, 1.54) is 0 Å². The zero-order valence-corrected chi connectivity index (χ0v) is 11.7. The summed E-state index contributed by atoms with van der Waals surface area (Å²) in [7, 11) is 0. The van der Waals surface area contributed by atoms with Gasteiger partial charge in [-0.2, -0.15) is 0 Å². The van der Waals surface area contributed by atoms with E-state index in [9.17, 15) is 4.79 Å². The molecular formula is C15H23N3O2. The molecule has 0 bridgehead atoms. The Morgan fingerprint density at radius 2 is 2.05 bits per heavy atom. The molecule has 1 saturated heterocycles. The fraction of sp³-hybridized carbons (Fsp3) is 0.533. The SMILES string of the molecule is NC[C@H]1CC[C@@H](C(=O)NCCCNc2ccccc2)O1. The van der Waals surface area contributed by atoms with Crippen molar-refractivity contribution in [1.29, 1.82) is 0 Å². The summed E-state index contributed by atoms with van der Waals surface area (Å²) in [4.78, 5) is 11.8. The Balaban J connectivity index is 1.56. The van der Waals surface area contributed by atoms with Crippen molar-refractivity contribution in [3.05, 3.63) is 30.3 Å². The van der Waals surface area contributed by atoms with E-state index in [0.717, 1.165) is 31.5 Å². The molecule has 2 rings (SSSR count). The normalized spacial score (nSPS) is 21.6. The highest BCUT2D eigenvalue weighted by Gasteiger charge is 2.29. The minimum atomic E-state index is -0.314. The molecule has 1 amide bonds. The molecule has 1 fully saturated rings. The Morgan fingerprint density at radius 3 is 2.75 bits per heavy atom. The van der Waals surface area contributed by atoms with Gasteiger partial charge in [-0.15, -0.1) is 0 Å². The number of ether oxygens (including phenoxy) is 1. The summed E-state index contributed by atoms with van der Waals surface area (Å²) in [5, 5.41) is 6.22. The molecule has 0 unspecified atom stereocenters. The predicted molar refractivity (Wildman–Crippen MR) is 79.5 cm³/mol. The Kier molecular flexibility index (Phi) is 5.83. The minimum Gasteiger partial charge on any atom is -0.385 e. The number of benzene rings is 1. The van der Waals surface area contributed by atoms with Gasteiger partial charge in [-0.05, 0) is 31.4 Å². The number of hydrogen-bond donors (Lipinski definition) is 3. The fourth-order valence-corrected chi connectivity index (χ4v) is 2.27.